The monoisotopic (exact) mass is 306 g/mol. The van der Waals surface area contributed by atoms with E-state index < -0.39 is 0 Å². The van der Waals surface area contributed by atoms with Crippen LogP contribution in [0.4, 0.5) is 0 Å². The molecule has 0 atom stereocenters. The van der Waals surface area contributed by atoms with Crippen LogP contribution in [0.25, 0.3) is 21.8 Å². The molecule has 0 bridgehead atoms. The molecule has 2 heterocycles. The molecule has 0 radical (unpaired) electrons. The number of fused-ring (bicyclic) bond motifs is 2. The molecule has 0 aliphatic heterocycles. The number of methoxy groups -OCH3 is 2. The highest BCUT2D eigenvalue weighted by Crippen LogP contribution is 2.25. The molecule has 0 aliphatic carbocycles. The number of H-pyrrole nitrogens is 2. The Morgan fingerprint density at radius 1 is 0.696 bits per heavy atom. The summed E-state index contributed by atoms with van der Waals surface area (Å²) >= 11 is 0. The van der Waals surface area contributed by atoms with Crippen molar-refractivity contribution in [2.75, 3.05) is 14.2 Å². The van der Waals surface area contributed by atoms with Gasteiger partial charge in [0.15, 0.2) is 0 Å². The second kappa shape index (κ2) is 5.39. The van der Waals surface area contributed by atoms with Crippen molar-refractivity contribution in [3.8, 4) is 11.5 Å². The molecule has 0 amide bonds. The van der Waals surface area contributed by atoms with Gasteiger partial charge in [0.05, 0.1) is 14.2 Å². The Bertz CT molecular complexity index is 902. The molecule has 0 spiro atoms. The first-order valence-corrected chi connectivity index (χ1v) is 7.56. The molecule has 0 unspecified atom stereocenters. The van der Waals surface area contributed by atoms with Crippen molar-refractivity contribution in [1.29, 1.82) is 0 Å². The average Bonchev–Trinajstić information content (AvgIpc) is 3.15. The van der Waals surface area contributed by atoms with E-state index in [1.807, 2.05) is 36.4 Å². The molecule has 116 valence electrons. The van der Waals surface area contributed by atoms with Gasteiger partial charge in [0.1, 0.15) is 11.5 Å². The Morgan fingerprint density at radius 2 is 1.17 bits per heavy atom. The molecule has 4 rings (SSSR count). The maximum atomic E-state index is 5.28. The lowest BCUT2D eigenvalue weighted by molar-refractivity contribution is 0.415. The highest BCUT2D eigenvalue weighted by Gasteiger charge is 2.06. The molecule has 23 heavy (non-hydrogen) atoms. The molecule has 0 fully saturated rings. The zero-order valence-corrected chi connectivity index (χ0v) is 13.1. The van der Waals surface area contributed by atoms with E-state index >= 15 is 0 Å². The molecule has 4 nitrogen and oxygen atoms in total. The Hall–Kier alpha value is -2.88. The second-order valence-corrected chi connectivity index (χ2v) is 5.67. The van der Waals surface area contributed by atoms with Crippen LogP contribution in [0, 0.1) is 0 Å². The van der Waals surface area contributed by atoms with E-state index in [0.717, 1.165) is 39.7 Å². The van der Waals surface area contributed by atoms with Gasteiger partial charge in [-0.1, -0.05) is 0 Å². The van der Waals surface area contributed by atoms with Gasteiger partial charge in [0, 0.05) is 39.6 Å². The second-order valence-electron chi connectivity index (χ2n) is 5.67. The minimum Gasteiger partial charge on any atom is -0.497 e. The molecule has 2 aromatic carbocycles. The van der Waals surface area contributed by atoms with Crippen LogP contribution in [0.15, 0.2) is 48.5 Å². The first kappa shape index (κ1) is 13.8. The van der Waals surface area contributed by atoms with Crippen LogP contribution < -0.4 is 9.47 Å². The quantitative estimate of drug-likeness (QED) is 0.592. The van der Waals surface area contributed by atoms with Gasteiger partial charge in [-0.2, -0.15) is 0 Å². The zero-order chi connectivity index (χ0) is 15.8. The van der Waals surface area contributed by atoms with Gasteiger partial charge in [-0.3, -0.25) is 0 Å². The summed E-state index contributed by atoms with van der Waals surface area (Å²) < 4.78 is 10.6. The fourth-order valence-electron chi connectivity index (χ4n) is 2.99. The molecular formula is C19H18N2O2. The highest BCUT2D eigenvalue weighted by molar-refractivity contribution is 5.83. The van der Waals surface area contributed by atoms with Crippen LogP contribution in [0.5, 0.6) is 11.5 Å². The molecule has 0 saturated carbocycles. The molecular weight excluding hydrogens is 288 g/mol. The maximum absolute atomic E-state index is 5.28. The fraction of sp³-hybridized carbons (Fsp3) is 0.158. The highest BCUT2D eigenvalue weighted by atomic mass is 16.5. The Kier molecular flexibility index (Phi) is 3.23. The van der Waals surface area contributed by atoms with E-state index in [1.165, 1.54) is 11.4 Å². The molecule has 4 heteroatoms. The average molecular weight is 306 g/mol. The summed E-state index contributed by atoms with van der Waals surface area (Å²) in [6.07, 6.45) is 0.827. The molecule has 2 N–H and O–H groups in total. The van der Waals surface area contributed by atoms with Crippen LogP contribution in [-0.2, 0) is 6.42 Å². The van der Waals surface area contributed by atoms with Crippen molar-refractivity contribution in [2.45, 2.75) is 6.42 Å². The standard InChI is InChI=1S/C19H18N2O2/c1-22-16-3-5-18-12(9-16)7-14(20-18)11-15-8-13-10-17(23-2)4-6-19(13)21-15/h3-10,20-21H,11H2,1-2H3. The minimum absolute atomic E-state index is 0.827. The molecule has 0 aliphatic rings. The maximum Gasteiger partial charge on any atom is 0.119 e. The lowest BCUT2D eigenvalue weighted by Gasteiger charge is -1.97. The van der Waals surface area contributed by atoms with Gasteiger partial charge < -0.3 is 19.4 Å². The van der Waals surface area contributed by atoms with Gasteiger partial charge in [-0.05, 0) is 48.5 Å². The van der Waals surface area contributed by atoms with Gasteiger partial charge in [0.25, 0.3) is 0 Å². The summed E-state index contributed by atoms with van der Waals surface area (Å²) in [6, 6.07) is 16.5. The summed E-state index contributed by atoms with van der Waals surface area (Å²) in [5, 5.41) is 2.33. The lowest BCUT2D eigenvalue weighted by Crippen LogP contribution is -1.87. The van der Waals surface area contributed by atoms with E-state index in [1.54, 1.807) is 14.2 Å². The smallest absolute Gasteiger partial charge is 0.119 e. The first-order valence-electron chi connectivity index (χ1n) is 7.56. The van der Waals surface area contributed by atoms with E-state index in [-0.39, 0.29) is 0 Å². The first-order chi connectivity index (χ1) is 11.2. The van der Waals surface area contributed by atoms with Crippen molar-refractivity contribution in [2.24, 2.45) is 0 Å². The minimum atomic E-state index is 0.827. The van der Waals surface area contributed by atoms with Crippen LogP contribution >= 0.6 is 0 Å². The third-order valence-corrected chi connectivity index (χ3v) is 4.15. The predicted octanol–water partition coefficient (Wildman–Crippen LogP) is 4.26. The Morgan fingerprint density at radius 3 is 1.61 bits per heavy atom. The van der Waals surface area contributed by atoms with Gasteiger partial charge in [-0.15, -0.1) is 0 Å². The molecule has 0 saturated heterocycles. The molecule has 4 aromatic rings. The summed E-state index contributed by atoms with van der Waals surface area (Å²) in [4.78, 5) is 6.92. The van der Waals surface area contributed by atoms with E-state index in [2.05, 4.69) is 22.1 Å². The number of aromatic nitrogens is 2. The van der Waals surface area contributed by atoms with Gasteiger partial charge in [-0.25, -0.2) is 0 Å². The van der Waals surface area contributed by atoms with Crippen molar-refractivity contribution in [3.63, 3.8) is 0 Å². The van der Waals surface area contributed by atoms with Crippen LogP contribution in [0.1, 0.15) is 11.4 Å². The Labute approximate surface area is 134 Å². The third kappa shape index (κ3) is 2.52. The number of aromatic amines is 2. The van der Waals surface area contributed by atoms with Crippen LogP contribution in [0.3, 0.4) is 0 Å². The van der Waals surface area contributed by atoms with Crippen LogP contribution in [0.2, 0.25) is 0 Å². The summed E-state index contributed by atoms with van der Waals surface area (Å²) in [5.41, 5.74) is 4.59. The number of rotatable bonds is 4. The number of benzene rings is 2. The van der Waals surface area contributed by atoms with Crippen molar-refractivity contribution < 1.29 is 9.47 Å². The number of nitrogens with one attached hydrogen (secondary N) is 2. The SMILES string of the molecule is COc1ccc2[nH]c(Cc3cc4cc(OC)ccc4[nH]3)cc2c1. The summed E-state index contributed by atoms with van der Waals surface area (Å²) in [7, 11) is 3.38. The topological polar surface area (TPSA) is 50.0 Å². The summed E-state index contributed by atoms with van der Waals surface area (Å²) in [6.45, 7) is 0. The largest absolute Gasteiger partial charge is 0.497 e. The molecule has 2 aromatic heterocycles. The van der Waals surface area contributed by atoms with Crippen LogP contribution in [-0.4, -0.2) is 24.2 Å². The van der Waals surface area contributed by atoms with Crippen molar-refractivity contribution in [1.82, 2.24) is 9.97 Å². The van der Waals surface area contributed by atoms with Crippen molar-refractivity contribution >= 4 is 21.8 Å². The zero-order valence-electron chi connectivity index (χ0n) is 13.1. The van der Waals surface area contributed by atoms with E-state index in [4.69, 9.17) is 9.47 Å². The van der Waals surface area contributed by atoms with Gasteiger partial charge >= 0.3 is 0 Å². The number of ether oxygens (including phenoxy) is 2. The lowest BCUT2D eigenvalue weighted by atomic mass is 10.2. The predicted molar refractivity (Wildman–Crippen MR) is 92.5 cm³/mol. The third-order valence-electron chi connectivity index (χ3n) is 4.15. The van der Waals surface area contributed by atoms with Crippen molar-refractivity contribution in [3.05, 3.63) is 59.9 Å². The Balaban J connectivity index is 1.66. The number of hydrogen-bond donors (Lipinski definition) is 2. The fourth-order valence-corrected chi connectivity index (χ4v) is 2.99. The van der Waals surface area contributed by atoms with E-state index in [0.29, 0.717) is 0 Å². The summed E-state index contributed by atoms with van der Waals surface area (Å²) in [5.74, 6) is 1.75. The van der Waals surface area contributed by atoms with Gasteiger partial charge in [0.2, 0.25) is 0 Å². The normalized spacial score (nSPS) is 11.2. The number of hydrogen-bond acceptors (Lipinski definition) is 2. The van der Waals surface area contributed by atoms with E-state index in [9.17, 15) is 0 Å².